The van der Waals surface area contributed by atoms with Crippen molar-refractivity contribution in [2.45, 2.75) is 44.0 Å². The molecule has 1 aliphatic rings. The molecule has 0 saturated carbocycles. The van der Waals surface area contributed by atoms with Crippen molar-refractivity contribution < 1.29 is 8.42 Å². The molecule has 0 amide bonds. The lowest BCUT2D eigenvalue weighted by Gasteiger charge is -2.24. The molecule has 0 spiro atoms. The van der Waals surface area contributed by atoms with Gasteiger partial charge in [0.2, 0.25) is 0 Å². The maximum Gasteiger partial charge on any atom is 0.267 e. The van der Waals surface area contributed by atoms with Crippen molar-refractivity contribution in [3.05, 3.63) is 24.3 Å². The number of para-hydroxylation sites is 1. The molecule has 0 aromatic heterocycles. The van der Waals surface area contributed by atoms with Crippen LogP contribution in [0.4, 0.5) is 5.69 Å². The molecule has 1 aliphatic heterocycles. The normalized spacial score (nSPS) is 16.8. The number of aliphatic imine (C=N–C) groups is 1. The van der Waals surface area contributed by atoms with Crippen molar-refractivity contribution in [3.8, 4) is 0 Å². The minimum atomic E-state index is -3.43. The third-order valence-corrected chi connectivity index (χ3v) is 5.03. The summed E-state index contributed by atoms with van der Waals surface area (Å²) in [6.45, 7) is 7.69. The number of hydrogen-bond acceptors (Lipinski definition) is 4. The Morgan fingerprint density at radius 2 is 1.90 bits per heavy atom. The first-order valence-electron chi connectivity index (χ1n) is 7.21. The fourth-order valence-corrected chi connectivity index (χ4v) is 3.56. The Balaban J connectivity index is 1.92. The zero-order valence-electron chi connectivity index (χ0n) is 12.8. The molecular weight excluding hydrogens is 286 g/mol. The summed E-state index contributed by atoms with van der Waals surface area (Å²) in [5.41, 5.74) is 0.612. The van der Waals surface area contributed by atoms with Gasteiger partial charge in [-0.2, -0.15) is 0 Å². The van der Waals surface area contributed by atoms with Gasteiger partial charge in [-0.15, -0.1) is 0 Å². The first-order valence-corrected chi connectivity index (χ1v) is 8.65. The highest BCUT2D eigenvalue weighted by molar-refractivity contribution is 7.89. The Hall–Kier alpha value is -1.40. The Labute approximate surface area is 127 Å². The van der Waals surface area contributed by atoms with E-state index in [1.807, 2.05) is 0 Å². The predicted molar refractivity (Wildman–Crippen MR) is 85.5 cm³/mol. The number of sulfonamides is 1. The lowest BCUT2D eigenvalue weighted by Crippen LogP contribution is -2.37. The van der Waals surface area contributed by atoms with E-state index in [0.717, 1.165) is 19.4 Å². The second kappa shape index (κ2) is 6.15. The van der Waals surface area contributed by atoms with E-state index in [9.17, 15) is 8.42 Å². The third-order valence-electron chi connectivity index (χ3n) is 3.24. The SMILES string of the molecule is CC(C)(C)NCCCCN1C=Nc2ccccc2S1(=O)=O. The van der Waals surface area contributed by atoms with E-state index in [1.165, 1.54) is 10.6 Å². The summed E-state index contributed by atoms with van der Waals surface area (Å²) in [7, 11) is -3.43. The van der Waals surface area contributed by atoms with E-state index in [0.29, 0.717) is 17.1 Å². The van der Waals surface area contributed by atoms with Crippen molar-refractivity contribution >= 4 is 22.0 Å². The molecule has 0 aliphatic carbocycles. The van der Waals surface area contributed by atoms with E-state index in [2.05, 4.69) is 31.1 Å². The van der Waals surface area contributed by atoms with Crippen LogP contribution in [0, 0.1) is 0 Å². The van der Waals surface area contributed by atoms with E-state index in [4.69, 9.17) is 0 Å². The van der Waals surface area contributed by atoms with Gasteiger partial charge in [0.1, 0.15) is 11.2 Å². The molecule has 5 nitrogen and oxygen atoms in total. The van der Waals surface area contributed by atoms with E-state index in [1.54, 1.807) is 24.3 Å². The van der Waals surface area contributed by atoms with E-state index in [-0.39, 0.29) is 5.54 Å². The summed E-state index contributed by atoms with van der Waals surface area (Å²) in [5.74, 6) is 0. The fourth-order valence-electron chi connectivity index (χ4n) is 2.13. The van der Waals surface area contributed by atoms with Crippen molar-refractivity contribution in [1.29, 1.82) is 0 Å². The molecule has 0 fully saturated rings. The molecule has 1 N–H and O–H groups in total. The molecule has 0 radical (unpaired) electrons. The summed E-state index contributed by atoms with van der Waals surface area (Å²) in [6.07, 6.45) is 3.16. The minimum Gasteiger partial charge on any atom is -0.312 e. The summed E-state index contributed by atoms with van der Waals surface area (Å²) < 4.78 is 26.2. The van der Waals surface area contributed by atoms with Gasteiger partial charge < -0.3 is 5.32 Å². The Kier molecular flexibility index (Phi) is 4.68. The molecule has 0 unspecified atom stereocenters. The van der Waals surface area contributed by atoms with E-state index < -0.39 is 10.0 Å². The summed E-state index contributed by atoms with van der Waals surface area (Å²) in [5, 5.41) is 3.39. The van der Waals surface area contributed by atoms with Gasteiger partial charge in [0, 0.05) is 12.1 Å². The maximum absolute atomic E-state index is 12.4. The van der Waals surface area contributed by atoms with Gasteiger partial charge in [0.05, 0.1) is 5.69 Å². The average Bonchev–Trinajstić information content (AvgIpc) is 2.39. The van der Waals surface area contributed by atoms with Gasteiger partial charge >= 0.3 is 0 Å². The molecule has 2 rings (SSSR count). The number of unbranched alkanes of at least 4 members (excludes halogenated alkanes) is 1. The summed E-state index contributed by atoms with van der Waals surface area (Å²) in [6, 6.07) is 6.84. The molecule has 116 valence electrons. The average molecular weight is 309 g/mol. The zero-order chi connectivity index (χ0) is 15.5. The number of nitrogens with one attached hydrogen (secondary N) is 1. The van der Waals surface area contributed by atoms with Crippen LogP contribution in [0.2, 0.25) is 0 Å². The molecule has 1 aromatic rings. The minimum absolute atomic E-state index is 0.0948. The van der Waals surface area contributed by atoms with Crippen LogP contribution in [0.3, 0.4) is 0 Å². The molecule has 1 heterocycles. The maximum atomic E-state index is 12.4. The van der Waals surface area contributed by atoms with Crippen LogP contribution in [0.15, 0.2) is 34.2 Å². The molecule has 0 saturated heterocycles. The second-order valence-corrected chi connectivity index (χ2v) is 8.07. The van der Waals surface area contributed by atoms with Gasteiger partial charge in [0.15, 0.2) is 0 Å². The molecule has 6 heteroatoms. The first-order chi connectivity index (χ1) is 9.81. The monoisotopic (exact) mass is 309 g/mol. The Morgan fingerprint density at radius 3 is 2.62 bits per heavy atom. The number of hydrogen-bond donors (Lipinski definition) is 1. The number of rotatable bonds is 5. The number of fused-ring (bicyclic) bond motifs is 1. The van der Waals surface area contributed by atoms with Gasteiger partial charge in [-0.3, -0.25) is 4.31 Å². The van der Waals surface area contributed by atoms with Gasteiger partial charge in [-0.05, 0) is 52.3 Å². The van der Waals surface area contributed by atoms with Crippen LogP contribution < -0.4 is 5.32 Å². The highest BCUT2D eigenvalue weighted by atomic mass is 32.2. The molecule has 21 heavy (non-hydrogen) atoms. The molecular formula is C15H23N3O2S. The zero-order valence-corrected chi connectivity index (χ0v) is 13.7. The smallest absolute Gasteiger partial charge is 0.267 e. The summed E-state index contributed by atoms with van der Waals surface area (Å²) in [4.78, 5) is 4.51. The van der Waals surface area contributed by atoms with Crippen molar-refractivity contribution in [2.24, 2.45) is 4.99 Å². The fraction of sp³-hybridized carbons (Fsp3) is 0.533. The van der Waals surface area contributed by atoms with Gasteiger partial charge in [0.25, 0.3) is 10.0 Å². The van der Waals surface area contributed by atoms with Crippen LogP contribution in [-0.2, 0) is 10.0 Å². The summed E-state index contributed by atoms with van der Waals surface area (Å²) >= 11 is 0. The lowest BCUT2D eigenvalue weighted by molar-refractivity contribution is 0.413. The van der Waals surface area contributed by atoms with Gasteiger partial charge in [-0.25, -0.2) is 13.4 Å². The lowest BCUT2D eigenvalue weighted by atomic mass is 10.1. The van der Waals surface area contributed by atoms with Crippen LogP contribution >= 0.6 is 0 Å². The predicted octanol–water partition coefficient (Wildman–Crippen LogP) is 2.52. The van der Waals surface area contributed by atoms with Crippen LogP contribution in [0.5, 0.6) is 0 Å². The van der Waals surface area contributed by atoms with Gasteiger partial charge in [-0.1, -0.05) is 12.1 Å². The van der Waals surface area contributed by atoms with Crippen molar-refractivity contribution in [1.82, 2.24) is 9.62 Å². The van der Waals surface area contributed by atoms with Crippen molar-refractivity contribution in [2.75, 3.05) is 13.1 Å². The first kappa shape index (κ1) is 16.0. The largest absolute Gasteiger partial charge is 0.312 e. The van der Waals surface area contributed by atoms with Crippen LogP contribution in [0.25, 0.3) is 0 Å². The number of nitrogens with zero attached hydrogens (tertiary/aromatic N) is 2. The van der Waals surface area contributed by atoms with E-state index >= 15 is 0 Å². The third kappa shape index (κ3) is 4.04. The highest BCUT2D eigenvalue weighted by Gasteiger charge is 2.27. The number of benzene rings is 1. The van der Waals surface area contributed by atoms with Crippen LogP contribution in [-0.4, -0.2) is 37.7 Å². The van der Waals surface area contributed by atoms with Crippen LogP contribution in [0.1, 0.15) is 33.6 Å². The molecule has 1 aromatic carbocycles. The second-order valence-electron chi connectivity index (χ2n) is 6.21. The molecule has 0 atom stereocenters. The highest BCUT2D eigenvalue weighted by Crippen LogP contribution is 2.29. The standard InChI is InChI=1S/C15H23N3O2S/c1-15(2,3)17-10-6-7-11-18-12-16-13-8-4-5-9-14(13)21(18,19)20/h4-5,8-9,12,17H,6-7,10-11H2,1-3H3. The van der Waals surface area contributed by atoms with Crippen molar-refractivity contribution in [3.63, 3.8) is 0 Å². The Morgan fingerprint density at radius 1 is 1.19 bits per heavy atom. The molecule has 0 bridgehead atoms. The topological polar surface area (TPSA) is 61.8 Å². The quantitative estimate of drug-likeness (QED) is 0.850. The Bertz CT molecular complexity index is 618.